The molecule has 1 saturated carbocycles. The largest absolute Gasteiger partial charge is 0.383 e. The van der Waals surface area contributed by atoms with Crippen molar-refractivity contribution in [2.24, 2.45) is 0 Å². The second-order valence-electron chi connectivity index (χ2n) is 7.07. The van der Waals surface area contributed by atoms with Crippen LogP contribution in [0.15, 0.2) is 29.2 Å². The fourth-order valence-corrected chi connectivity index (χ4v) is 6.29. The second kappa shape index (κ2) is 9.82. The average molecular weight is 433 g/mol. The van der Waals surface area contributed by atoms with Gasteiger partial charge in [-0.15, -0.1) is 0 Å². The Morgan fingerprint density at radius 2 is 1.75 bits per heavy atom. The van der Waals surface area contributed by atoms with Gasteiger partial charge in [-0.2, -0.15) is 0 Å². The lowest BCUT2D eigenvalue weighted by atomic mass is 10.3. The maximum atomic E-state index is 12.3. The number of sulfone groups is 1. The molecule has 1 aliphatic rings. The highest BCUT2D eigenvalue weighted by Gasteiger charge is 2.28. The molecule has 0 aliphatic heterocycles. The van der Waals surface area contributed by atoms with Gasteiger partial charge in [0.2, 0.25) is 15.9 Å². The van der Waals surface area contributed by atoms with Crippen LogP contribution in [0.4, 0.5) is 5.69 Å². The Bertz CT molecular complexity index is 860. The minimum atomic E-state index is -3.69. The van der Waals surface area contributed by atoms with Crippen LogP contribution in [0.3, 0.4) is 0 Å². The zero-order valence-corrected chi connectivity index (χ0v) is 17.8. The first-order chi connectivity index (χ1) is 13.1. The van der Waals surface area contributed by atoms with Crippen molar-refractivity contribution in [3.05, 3.63) is 24.3 Å². The second-order valence-corrected chi connectivity index (χ2v) is 11.2. The number of ether oxygens (including phenoxy) is 1. The molecule has 1 aromatic rings. The smallest absolute Gasteiger partial charge is 0.240 e. The van der Waals surface area contributed by atoms with Crippen LogP contribution < -0.4 is 10.0 Å². The normalized spacial score (nSPS) is 16.8. The summed E-state index contributed by atoms with van der Waals surface area (Å²) in [6, 6.07) is 5.33. The van der Waals surface area contributed by atoms with Gasteiger partial charge < -0.3 is 10.1 Å². The van der Waals surface area contributed by atoms with E-state index in [0.29, 0.717) is 18.5 Å². The van der Waals surface area contributed by atoms with Crippen LogP contribution in [0.1, 0.15) is 39.0 Å². The summed E-state index contributed by atoms with van der Waals surface area (Å²) in [6.45, 7) is 1.94. The van der Waals surface area contributed by atoms with Crippen molar-refractivity contribution in [1.29, 1.82) is 0 Å². The molecule has 1 amide bonds. The molecular weight excluding hydrogens is 404 g/mol. The van der Waals surface area contributed by atoms with Crippen molar-refractivity contribution in [2.75, 3.05) is 24.8 Å². The molecular formula is C18H28N2O6S2. The van der Waals surface area contributed by atoms with E-state index < -0.39 is 25.8 Å². The summed E-state index contributed by atoms with van der Waals surface area (Å²) in [6.07, 6.45) is 3.08. The number of carbonyl (C=O) groups is 1. The molecule has 0 saturated heterocycles. The molecule has 0 radical (unpaired) electrons. The molecule has 158 valence electrons. The first-order valence-corrected chi connectivity index (χ1v) is 12.5. The first-order valence-electron chi connectivity index (χ1n) is 9.27. The van der Waals surface area contributed by atoms with E-state index in [1.165, 1.54) is 31.4 Å². The lowest BCUT2D eigenvalue weighted by Crippen LogP contribution is -2.35. The summed E-state index contributed by atoms with van der Waals surface area (Å²) in [5.41, 5.74) is 0.409. The van der Waals surface area contributed by atoms with E-state index in [0.717, 1.165) is 12.8 Å². The van der Waals surface area contributed by atoms with Crippen molar-refractivity contribution >= 4 is 31.5 Å². The van der Waals surface area contributed by atoms with Gasteiger partial charge in [-0.25, -0.2) is 21.6 Å². The van der Waals surface area contributed by atoms with Crippen molar-refractivity contribution in [2.45, 2.75) is 55.2 Å². The standard InChI is InChI=1S/C18H28N2O6S2/c1-14(13-26-2)20-28(24,25)17-9-7-15(8-10-17)19-18(21)11-12-27(22,23)16-5-3-4-6-16/h7-10,14,16,20H,3-6,11-13H2,1-2H3,(H,19,21). The highest BCUT2D eigenvalue weighted by atomic mass is 32.2. The van der Waals surface area contributed by atoms with Crippen LogP contribution in [0.2, 0.25) is 0 Å². The van der Waals surface area contributed by atoms with Gasteiger partial charge in [-0.1, -0.05) is 12.8 Å². The van der Waals surface area contributed by atoms with Gasteiger partial charge in [0.25, 0.3) is 0 Å². The van der Waals surface area contributed by atoms with Crippen LogP contribution in [0.25, 0.3) is 0 Å². The molecule has 0 spiro atoms. The lowest BCUT2D eigenvalue weighted by molar-refractivity contribution is -0.115. The summed E-state index contributed by atoms with van der Waals surface area (Å²) in [7, 11) is -5.45. The highest BCUT2D eigenvalue weighted by Crippen LogP contribution is 2.25. The van der Waals surface area contributed by atoms with Gasteiger partial charge in [0.05, 0.1) is 22.5 Å². The van der Waals surface area contributed by atoms with E-state index in [2.05, 4.69) is 10.0 Å². The van der Waals surface area contributed by atoms with Crippen LogP contribution in [0, 0.1) is 0 Å². The summed E-state index contributed by atoms with van der Waals surface area (Å²) in [5, 5.41) is 2.28. The molecule has 10 heteroatoms. The Morgan fingerprint density at radius 3 is 2.32 bits per heavy atom. The van der Waals surface area contributed by atoms with Gasteiger partial charge in [0.15, 0.2) is 9.84 Å². The minimum absolute atomic E-state index is 0.0669. The summed E-state index contributed by atoms with van der Waals surface area (Å²) in [4.78, 5) is 12.1. The zero-order valence-electron chi connectivity index (χ0n) is 16.2. The number of sulfonamides is 1. The Morgan fingerprint density at radius 1 is 1.14 bits per heavy atom. The van der Waals surface area contributed by atoms with Crippen molar-refractivity contribution < 1.29 is 26.4 Å². The summed E-state index contributed by atoms with van der Waals surface area (Å²) < 4.78 is 56.4. The fourth-order valence-electron chi connectivity index (χ4n) is 3.21. The third-order valence-electron chi connectivity index (χ3n) is 4.65. The van der Waals surface area contributed by atoms with E-state index in [9.17, 15) is 21.6 Å². The lowest BCUT2D eigenvalue weighted by Gasteiger charge is -2.14. The van der Waals surface area contributed by atoms with Crippen molar-refractivity contribution in [3.63, 3.8) is 0 Å². The number of hydrogen-bond donors (Lipinski definition) is 2. The molecule has 0 heterocycles. The number of amides is 1. The number of rotatable bonds is 10. The Balaban J connectivity index is 1.90. The Hall–Kier alpha value is -1.49. The van der Waals surface area contributed by atoms with Gasteiger partial charge >= 0.3 is 0 Å². The maximum Gasteiger partial charge on any atom is 0.240 e. The predicted octanol–water partition coefficient (Wildman–Crippen LogP) is 1.69. The Labute approximate surface area is 167 Å². The number of nitrogens with one attached hydrogen (secondary N) is 2. The molecule has 8 nitrogen and oxygen atoms in total. The molecule has 1 aromatic carbocycles. The molecule has 2 N–H and O–H groups in total. The van der Waals surface area contributed by atoms with E-state index in [1.807, 2.05) is 0 Å². The van der Waals surface area contributed by atoms with E-state index in [-0.39, 0.29) is 35.0 Å². The topological polar surface area (TPSA) is 119 Å². The third kappa shape index (κ3) is 6.54. The summed E-state index contributed by atoms with van der Waals surface area (Å²) >= 11 is 0. The van der Waals surface area contributed by atoms with Gasteiger partial charge in [-0.3, -0.25) is 4.79 Å². The molecule has 1 unspecified atom stereocenters. The summed E-state index contributed by atoms with van der Waals surface area (Å²) in [5.74, 6) is -0.582. The van der Waals surface area contributed by atoms with Gasteiger partial charge in [0.1, 0.15) is 0 Å². The molecule has 1 atom stereocenters. The van der Waals surface area contributed by atoms with Gasteiger partial charge in [-0.05, 0) is 44.0 Å². The molecule has 0 aromatic heterocycles. The zero-order chi connectivity index (χ0) is 20.8. The van der Waals surface area contributed by atoms with Crippen LogP contribution >= 0.6 is 0 Å². The fraction of sp³-hybridized carbons (Fsp3) is 0.611. The third-order valence-corrected chi connectivity index (χ3v) is 8.51. The maximum absolute atomic E-state index is 12.3. The molecule has 28 heavy (non-hydrogen) atoms. The number of anilines is 1. The van der Waals surface area contributed by atoms with Crippen LogP contribution in [-0.4, -0.2) is 53.5 Å². The number of methoxy groups -OCH3 is 1. The molecule has 1 aliphatic carbocycles. The number of benzene rings is 1. The molecule has 2 rings (SSSR count). The molecule has 1 fully saturated rings. The SMILES string of the molecule is COCC(C)NS(=O)(=O)c1ccc(NC(=O)CCS(=O)(=O)C2CCCC2)cc1. The Kier molecular flexibility index (Phi) is 7.99. The van der Waals surface area contributed by atoms with Crippen LogP contribution in [0.5, 0.6) is 0 Å². The van der Waals surface area contributed by atoms with E-state index in [4.69, 9.17) is 4.74 Å². The highest BCUT2D eigenvalue weighted by molar-refractivity contribution is 7.92. The van der Waals surface area contributed by atoms with Crippen molar-refractivity contribution in [3.8, 4) is 0 Å². The van der Waals surface area contributed by atoms with Crippen LogP contribution in [-0.2, 0) is 29.4 Å². The average Bonchev–Trinajstić information content (AvgIpc) is 3.16. The monoisotopic (exact) mass is 432 g/mol. The quantitative estimate of drug-likeness (QED) is 0.581. The number of hydrogen-bond acceptors (Lipinski definition) is 6. The minimum Gasteiger partial charge on any atom is -0.383 e. The van der Waals surface area contributed by atoms with Crippen molar-refractivity contribution in [1.82, 2.24) is 4.72 Å². The number of carbonyl (C=O) groups excluding carboxylic acids is 1. The predicted molar refractivity (Wildman–Crippen MR) is 107 cm³/mol. The van der Waals surface area contributed by atoms with E-state index >= 15 is 0 Å². The van der Waals surface area contributed by atoms with E-state index in [1.54, 1.807) is 6.92 Å². The molecule has 0 bridgehead atoms. The van der Waals surface area contributed by atoms with Gasteiger partial charge in [0, 0.05) is 25.3 Å². The first kappa shape index (κ1) is 22.8.